The number of ether oxygens (including phenoxy) is 2. The fourth-order valence-electron chi connectivity index (χ4n) is 9.23. The number of nitrogens with zero attached hydrogens (tertiary/aromatic N) is 2. The third-order valence-corrected chi connectivity index (χ3v) is 13.2. The van der Waals surface area contributed by atoms with Gasteiger partial charge in [-0.15, -0.1) is 11.3 Å². The first-order valence-electron chi connectivity index (χ1n) is 19.8. The van der Waals surface area contributed by atoms with E-state index in [4.69, 9.17) is 9.47 Å². The van der Waals surface area contributed by atoms with Gasteiger partial charge in [0, 0.05) is 43.6 Å². The minimum atomic E-state index is -0.0161. The van der Waals surface area contributed by atoms with Crippen LogP contribution < -0.4 is 35.0 Å². The Bertz CT molecular complexity index is 2730. The van der Waals surface area contributed by atoms with E-state index >= 15 is 0 Å². The number of anilines is 6. The van der Waals surface area contributed by atoms with Crippen molar-refractivity contribution >= 4 is 78.0 Å². The maximum absolute atomic E-state index is 6.16. The average Bonchev–Trinajstić information content (AvgIpc) is 3.78. The van der Waals surface area contributed by atoms with Crippen LogP contribution in [-0.4, -0.2) is 13.5 Å². The van der Waals surface area contributed by atoms with Crippen LogP contribution in [0, 0.1) is 20.8 Å². The standard InChI is InChI=1S/C50H47BN2O2S/c1-29-21-40-45-41(22-29)53(46-30(2)23-34(24-31(46)3)50(7,8)9)47-35-17-13-14-18-44(35)56-48(47)51(45)37-26-42-43(55-28-54-42)27-39(37)52(40)38-20-19-33(49(4,5)6)25-36(38)32-15-11-10-12-16-32/h10-27H,28H2,1-9H3. The summed E-state index contributed by atoms with van der Waals surface area (Å²) in [6.45, 7) is 20.9. The monoisotopic (exact) mass is 750 g/mol. The Morgan fingerprint density at radius 3 is 1.93 bits per heavy atom. The highest BCUT2D eigenvalue weighted by atomic mass is 32.1. The molecule has 4 nitrogen and oxygen atoms in total. The molecular formula is C50H47BN2O2S. The molecule has 0 saturated heterocycles. The van der Waals surface area contributed by atoms with Crippen molar-refractivity contribution in [2.24, 2.45) is 0 Å². The highest BCUT2D eigenvalue weighted by molar-refractivity contribution is 7.33. The Kier molecular flexibility index (Phi) is 7.67. The summed E-state index contributed by atoms with van der Waals surface area (Å²) >= 11 is 1.93. The van der Waals surface area contributed by atoms with E-state index in [0.717, 1.165) is 22.9 Å². The smallest absolute Gasteiger partial charge is 0.264 e. The molecule has 0 bridgehead atoms. The Morgan fingerprint density at radius 2 is 1.23 bits per heavy atom. The van der Waals surface area contributed by atoms with Crippen molar-refractivity contribution in [3.05, 3.63) is 137 Å². The summed E-state index contributed by atoms with van der Waals surface area (Å²) in [6.07, 6.45) is 0. The van der Waals surface area contributed by atoms with Gasteiger partial charge in [0.15, 0.2) is 11.5 Å². The van der Waals surface area contributed by atoms with Crippen molar-refractivity contribution in [2.75, 3.05) is 16.6 Å². The van der Waals surface area contributed by atoms with Gasteiger partial charge < -0.3 is 19.3 Å². The summed E-state index contributed by atoms with van der Waals surface area (Å²) in [5, 5.41) is 1.29. The molecule has 7 aromatic rings. The van der Waals surface area contributed by atoms with E-state index in [0.29, 0.717) is 0 Å². The van der Waals surface area contributed by atoms with Crippen molar-refractivity contribution in [1.82, 2.24) is 0 Å². The predicted molar refractivity (Wildman–Crippen MR) is 239 cm³/mol. The minimum absolute atomic E-state index is 0.00603. The quantitative estimate of drug-likeness (QED) is 0.168. The number of hydrogen-bond donors (Lipinski definition) is 0. The lowest BCUT2D eigenvalue weighted by Crippen LogP contribution is -2.60. The molecule has 1 aromatic heterocycles. The summed E-state index contributed by atoms with van der Waals surface area (Å²) < 4.78 is 15.0. The molecular weight excluding hydrogens is 703 g/mol. The minimum Gasteiger partial charge on any atom is -0.454 e. The Labute approximate surface area is 335 Å². The molecule has 0 N–H and O–H groups in total. The maximum Gasteiger partial charge on any atom is 0.264 e. The number of hydrogen-bond acceptors (Lipinski definition) is 5. The van der Waals surface area contributed by atoms with Gasteiger partial charge in [-0.1, -0.05) is 108 Å². The zero-order valence-electron chi connectivity index (χ0n) is 33.8. The Morgan fingerprint density at radius 1 is 0.589 bits per heavy atom. The van der Waals surface area contributed by atoms with Crippen LogP contribution in [-0.2, 0) is 10.8 Å². The number of aryl methyl sites for hydroxylation is 3. The molecule has 6 heteroatoms. The third kappa shape index (κ3) is 5.25. The van der Waals surface area contributed by atoms with Crippen LogP contribution in [0.4, 0.5) is 34.1 Å². The molecule has 278 valence electrons. The van der Waals surface area contributed by atoms with E-state index in [-0.39, 0.29) is 24.3 Å². The van der Waals surface area contributed by atoms with E-state index < -0.39 is 0 Å². The first kappa shape index (κ1) is 35.0. The molecule has 10 rings (SSSR count). The zero-order valence-corrected chi connectivity index (χ0v) is 34.6. The molecule has 0 radical (unpaired) electrons. The van der Waals surface area contributed by atoms with Crippen LogP contribution in [0.25, 0.3) is 21.2 Å². The largest absolute Gasteiger partial charge is 0.454 e. The second kappa shape index (κ2) is 12.3. The third-order valence-electron chi connectivity index (χ3n) is 12.0. The van der Waals surface area contributed by atoms with Crippen LogP contribution in [0.1, 0.15) is 69.4 Å². The second-order valence-corrected chi connectivity index (χ2v) is 19.0. The SMILES string of the molecule is Cc1cc2c3c(c1)N(c1c(C)cc(C(C)(C)C)cc1C)c1c(sc4ccccc14)B3c1cc3c(cc1N2c1ccc(C(C)(C)C)cc1-c1ccccc1)OCO3. The number of thiophene rings is 1. The van der Waals surface area contributed by atoms with Gasteiger partial charge in [0.05, 0.1) is 17.1 Å². The molecule has 56 heavy (non-hydrogen) atoms. The van der Waals surface area contributed by atoms with Gasteiger partial charge in [-0.3, -0.25) is 0 Å². The van der Waals surface area contributed by atoms with Gasteiger partial charge >= 0.3 is 0 Å². The van der Waals surface area contributed by atoms with Crippen LogP contribution >= 0.6 is 11.3 Å². The number of benzene rings is 6. The highest BCUT2D eigenvalue weighted by Crippen LogP contribution is 2.52. The Hall–Kier alpha value is -5.46. The number of fused-ring (bicyclic) bond motifs is 7. The molecule has 0 unspecified atom stereocenters. The molecule has 3 aliphatic heterocycles. The average molecular weight is 751 g/mol. The van der Waals surface area contributed by atoms with Gasteiger partial charge in [0.25, 0.3) is 6.71 Å². The molecule has 0 amide bonds. The fourth-order valence-corrected chi connectivity index (χ4v) is 10.6. The molecule has 3 aliphatic rings. The normalized spacial score (nSPS) is 14.3. The Balaban J connectivity index is 1.33. The van der Waals surface area contributed by atoms with Crippen LogP contribution in [0.3, 0.4) is 0 Å². The lowest BCUT2D eigenvalue weighted by atomic mass is 9.36. The van der Waals surface area contributed by atoms with Crippen molar-refractivity contribution in [1.29, 1.82) is 0 Å². The van der Waals surface area contributed by atoms with Gasteiger partial charge in [-0.2, -0.15) is 0 Å². The first-order chi connectivity index (χ1) is 26.8. The molecule has 0 fully saturated rings. The van der Waals surface area contributed by atoms with E-state index in [2.05, 4.69) is 181 Å². The zero-order chi connectivity index (χ0) is 38.8. The van der Waals surface area contributed by atoms with Crippen molar-refractivity contribution < 1.29 is 9.47 Å². The molecule has 0 spiro atoms. The van der Waals surface area contributed by atoms with E-state index in [1.807, 2.05) is 11.3 Å². The lowest BCUT2D eigenvalue weighted by Gasteiger charge is -2.44. The molecule has 4 heterocycles. The number of rotatable bonds is 3. The topological polar surface area (TPSA) is 24.9 Å². The molecule has 0 saturated carbocycles. The molecule has 6 aromatic carbocycles. The first-order valence-corrected chi connectivity index (χ1v) is 20.6. The van der Waals surface area contributed by atoms with E-state index in [1.54, 1.807) is 0 Å². The molecule has 0 atom stereocenters. The summed E-state index contributed by atoms with van der Waals surface area (Å²) in [5.41, 5.74) is 18.7. The summed E-state index contributed by atoms with van der Waals surface area (Å²) in [5.74, 6) is 1.60. The lowest BCUT2D eigenvalue weighted by molar-refractivity contribution is 0.174. The second-order valence-electron chi connectivity index (χ2n) is 18.0. The van der Waals surface area contributed by atoms with Gasteiger partial charge in [0.1, 0.15) is 0 Å². The van der Waals surface area contributed by atoms with Crippen molar-refractivity contribution in [2.45, 2.75) is 73.1 Å². The van der Waals surface area contributed by atoms with Crippen LogP contribution in [0.5, 0.6) is 11.5 Å². The summed E-state index contributed by atoms with van der Waals surface area (Å²) in [6, 6.07) is 41.1. The van der Waals surface area contributed by atoms with Gasteiger partial charge in [0.2, 0.25) is 6.79 Å². The van der Waals surface area contributed by atoms with Gasteiger partial charge in [-0.25, -0.2) is 0 Å². The predicted octanol–water partition coefficient (Wildman–Crippen LogP) is 11.9. The molecule has 0 aliphatic carbocycles. The van der Waals surface area contributed by atoms with Crippen molar-refractivity contribution in [3.63, 3.8) is 0 Å². The van der Waals surface area contributed by atoms with E-state index in [9.17, 15) is 0 Å². The van der Waals surface area contributed by atoms with Gasteiger partial charge in [-0.05, 0) is 112 Å². The van der Waals surface area contributed by atoms with Crippen LogP contribution in [0.15, 0.2) is 109 Å². The maximum atomic E-state index is 6.16. The summed E-state index contributed by atoms with van der Waals surface area (Å²) in [4.78, 5) is 5.14. The van der Waals surface area contributed by atoms with Crippen molar-refractivity contribution in [3.8, 4) is 22.6 Å². The van der Waals surface area contributed by atoms with E-state index in [1.165, 1.54) is 87.5 Å². The fraction of sp³-hybridized carbons (Fsp3) is 0.240. The van der Waals surface area contributed by atoms with Crippen LogP contribution in [0.2, 0.25) is 0 Å². The highest BCUT2D eigenvalue weighted by Gasteiger charge is 2.47. The summed E-state index contributed by atoms with van der Waals surface area (Å²) in [7, 11) is 0.